The first-order chi connectivity index (χ1) is 20.4. The SMILES string of the molecule is Cc1ccc(NC(=O)[C@H]2CCCN(C(=O)c3c(C)cccc3F)[C@H]2c2ccc(CN3CCC[C@@H]3C(F)(F)F)cc2)cc1Cl. The second kappa shape index (κ2) is 12.7. The van der Waals surface area contributed by atoms with Crippen molar-refractivity contribution in [3.63, 3.8) is 0 Å². The summed E-state index contributed by atoms with van der Waals surface area (Å²) in [4.78, 5) is 30.6. The molecule has 0 aliphatic carbocycles. The maximum Gasteiger partial charge on any atom is 0.404 e. The number of rotatable bonds is 6. The highest BCUT2D eigenvalue weighted by atomic mass is 35.5. The summed E-state index contributed by atoms with van der Waals surface area (Å²) in [6.45, 7) is 4.35. The molecule has 3 aromatic rings. The molecule has 2 aliphatic rings. The van der Waals surface area contributed by atoms with Gasteiger partial charge in [0.05, 0.1) is 17.5 Å². The van der Waals surface area contributed by atoms with Crippen LogP contribution in [0.5, 0.6) is 0 Å². The maximum atomic E-state index is 14.9. The van der Waals surface area contributed by atoms with Gasteiger partial charge in [-0.1, -0.05) is 54.1 Å². The minimum absolute atomic E-state index is 0.0391. The van der Waals surface area contributed by atoms with E-state index in [1.54, 1.807) is 66.4 Å². The Labute approximate surface area is 253 Å². The Balaban J connectivity index is 1.46. The number of anilines is 1. The van der Waals surface area contributed by atoms with Crippen LogP contribution in [0.4, 0.5) is 23.2 Å². The fourth-order valence-electron chi connectivity index (χ4n) is 6.30. The number of hydrogen-bond donors (Lipinski definition) is 1. The molecule has 1 N–H and O–H groups in total. The van der Waals surface area contributed by atoms with E-state index in [0.717, 1.165) is 5.56 Å². The number of nitrogens with one attached hydrogen (secondary N) is 1. The van der Waals surface area contributed by atoms with Crippen molar-refractivity contribution < 1.29 is 27.2 Å². The number of benzene rings is 3. The average molecular weight is 616 g/mol. The molecule has 2 amide bonds. The first kappa shape index (κ1) is 31.0. The van der Waals surface area contributed by atoms with Crippen molar-refractivity contribution in [2.45, 2.75) is 64.3 Å². The molecule has 5 nitrogen and oxygen atoms in total. The number of aryl methyl sites for hydroxylation is 2. The molecule has 0 aromatic heterocycles. The average Bonchev–Trinajstić information content (AvgIpc) is 3.44. The summed E-state index contributed by atoms with van der Waals surface area (Å²) >= 11 is 6.27. The van der Waals surface area contributed by atoms with Gasteiger partial charge in [-0.2, -0.15) is 13.2 Å². The summed E-state index contributed by atoms with van der Waals surface area (Å²) in [5.41, 5.74) is 3.19. The second-order valence-corrected chi connectivity index (χ2v) is 11.9. The van der Waals surface area contributed by atoms with E-state index in [-0.39, 0.29) is 24.4 Å². The molecule has 3 aromatic carbocycles. The van der Waals surface area contributed by atoms with Gasteiger partial charge >= 0.3 is 6.18 Å². The number of carbonyl (C=O) groups is 2. The van der Waals surface area contributed by atoms with Crippen LogP contribution in [-0.4, -0.2) is 46.9 Å². The van der Waals surface area contributed by atoms with Crippen LogP contribution in [0.3, 0.4) is 0 Å². The highest BCUT2D eigenvalue weighted by Gasteiger charge is 2.46. The number of amides is 2. The van der Waals surface area contributed by atoms with Crippen molar-refractivity contribution in [3.05, 3.63) is 99.3 Å². The molecule has 0 saturated carbocycles. The molecule has 0 spiro atoms. The first-order valence-corrected chi connectivity index (χ1v) is 14.8. The van der Waals surface area contributed by atoms with Crippen LogP contribution in [0.25, 0.3) is 0 Å². The molecule has 43 heavy (non-hydrogen) atoms. The van der Waals surface area contributed by atoms with E-state index in [1.165, 1.54) is 11.0 Å². The van der Waals surface area contributed by atoms with E-state index < -0.39 is 35.9 Å². The monoisotopic (exact) mass is 615 g/mol. The Morgan fingerprint density at radius 1 is 0.953 bits per heavy atom. The molecule has 10 heteroatoms. The summed E-state index contributed by atoms with van der Waals surface area (Å²) < 4.78 is 55.4. The van der Waals surface area contributed by atoms with Gasteiger partial charge in [-0.25, -0.2) is 4.39 Å². The molecule has 2 heterocycles. The molecule has 5 rings (SSSR count). The second-order valence-electron chi connectivity index (χ2n) is 11.5. The van der Waals surface area contributed by atoms with Crippen LogP contribution in [0, 0.1) is 25.6 Å². The Hall–Kier alpha value is -3.43. The third-order valence-electron chi connectivity index (χ3n) is 8.55. The summed E-state index contributed by atoms with van der Waals surface area (Å²) in [5, 5.41) is 3.44. The van der Waals surface area contributed by atoms with Gasteiger partial charge in [0.1, 0.15) is 11.9 Å². The zero-order valence-corrected chi connectivity index (χ0v) is 24.8. The Kier molecular flexibility index (Phi) is 9.13. The van der Waals surface area contributed by atoms with E-state index in [1.807, 2.05) is 6.92 Å². The molecule has 3 atom stereocenters. The van der Waals surface area contributed by atoms with E-state index in [4.69, 9.17) is 11.6 Å². The smallest absolute Gasteiger partial charge is 0.331 e. The minimum atomic E-state index is -4.29. The molecule has 2 saturated heterocycles. The van der Waals surface area contributed by atoms with Gasteiger partial charge in [-0.3, -0.25) is 14.5 Å². The maximum absolute atomic E-state index is 14.9. The highest BCUT2D eigenvalue weighted by Crippen LogP contribution is 2.39. The van der Waals surface area contributed by atoms with E-state index >= 15 is 0 Å². The largest absolute Gasteiger partial charge is 0.404 e. The fourth-order valence-corrected chi connectivity index (χ4v) is 6.48. The zero-order valence-electron chi connectivity index (χ0n) is 24.1. The van der Waals surface area contributed by atoms with Crippen LogP contribution >= 0.6 is 11.6 Å². The zero-order chi connectivity index (χ0) is 30.9. The molecule has 0 unspecified atom stereocenters. The lowest BCUT2D eigenvalue weighted by atomic mass is 9.83. The summed E-state index contributed by atoms with van der Waals surface area (Å²) in [6, 6.07) is 14.5. The van der Waals surface area contributed by atoms with Crippen LogP contribution < -0.4 is 5.32 Å². The van der Waals surface area contributed by atoms with Gasteiger partial charge < -0.3 is 10.2 Å². The van der Waals surface area contributed by atoms with Gasteiger partial charge in [0.15, 0.2) is 0 Å². The van der Waals surface area contributed by atoms with Crippen LogP contribution in [0.2, 0.25) is 5.02 Å². The topological polar surface area (TPSA) is 52.7 Å². The number of alkyl halides is 3. The number of likely N-dealkylation sites (tertiary alicyclic amines) is 2. The van der Waals surface area contributed by atoms with Crippen molar-refractivity contribution in [1.29, 1.82) is 0 Å². The molecule has 2 aliphatic heterocycles. The Morgan fingerprint density at radius 3 is 2.35 bits per heavy atom. The number of halogens is 5. The van der Waals surface area contributed by atoms with Crippen molar-refractivity contribution in [2.75, 3.05) is 18.4 Å². The minimum Gasteiger partial charge on any atom is -0.331 e. The molecule has 228 valence electrons. The molecular formula is C33H34ClF4N3O2. The first-order valence-electron chi connectivity index (χ1n) is 14.5. The van der Waals surface area contributed by atoms with Crippen molar-refractivity contribution in [2.24, 2.45) is 5.92 Å². The van der Waals surface area contributed by atoms with Crippen molar-refractivity contribution in [1.82, 2.24) is 9.80 Å². The number of nitrogens with zero attached hydrogens (tertiary/aromatic N) is 2. The van der Waals surface area contributed by atoms with Gasteiger partial charge in [0, 0.05) is 23.8 Å². The predicted octanol–water partition coefficient (Wildman–Crippen LogP) is 7.85. The predicted molar refractivity (Wildman–Crippen MR) is 158 cm³/mol. The van der Waals surface area contributed by atoms with Gasteiger partial charge in [-0.15, -0.1) is 0 Å². The van der Waals surface area contributed by atoms with E-state index in [2.05, 4.69) is 5.32 Å². The van der Waals surface area contributed by atoms with Gasteiger partial charge in [0.25, 0.3) is 5.91 Å². The standard InChI is InChI=1S/C33H34ClF4N3O2/c1-20-10-15-24(18-26(20)34)39-31(42)25-7-4-17-41(32(43)29-21(2)6-3-8-27(29)35)30(25)23-13-11-22(12-14-23)19-40-16-5-9-28(40)33(36,37)38/h3,6,8,10-15,18,25,28,30H,4-5,7,9,16-17,19H2,1-2H3,(H,39,42)/t25-,28+,30-/m0/s1. The molecule has 2 fully saturated rings. The van der Waals surface area contributed by atoms with E-state index in [9.17, 15) is 27.2 Å². The number of carbonyl (C=O) groups excluding carboxylic acids is 2. The third-order valence-corrected chi connectivity index (χ3v) is 8.96. The summed E-state index contributed by atoms with van der Waals surface area (Å²) in [6.07, 6.45) is -2.70. The van der Waals surface area contributed by atoms with E-state index in [0.29, 0.717) is 59.8 Å². The molecule has 0 radical (unpaired) electrons. The highest BCUT2D eigenvalue weighted by molar-refractivity contribution is 6.31. The molecular weight excluding hydrogens is 582 g/mol. The normalized spacial score (nSPS) is 21.2. The van der Waals surface area contributed by atoms with Gasteiger partial charge in [0.2, 0.25) is 5.91 Å². The summed E-state index contributed by atoms with van der Waals surface area (Å²) in [7, 11) is 0. The lowest BCUT2D eigenvalue weighted by molar-refractivity contribution is -0.177. The van der Waals surface area contributed by atoms with Crippen LogP contribution in [0.1, 0.15) is 64.3 Å². The molecule has 0 bridgehead atoms. The van der Waals surface area contributed by atoms with Gasteiger partial charge in [-0.05, 0) is 86.5 Å². The lowest BCUT2D eigenvalue weighted by Crippen LogP contribution is -2.46. The Bertz CT molecular complexity index is 1470. The summed E-state index contributed by atoms with van der Waals surface area (Å²) in [5.74, 6) is -2.11. The lowest BCUT2D eigenvalue weighted by Gasteiger charge is -2.41. The van der Waals surface area contributed by atoms with Crippen LogP contribution in [0.15, 0.2) is 60.7 Å². The fraction of sp³-hybridized carbons (Fsp3) is 0.394. The quantitative estimate of drug-likeness (QED) is 0.287. The van der Waals surface area contributed by atoms with Crippen molar-refractivity contribution >= 4 is 29.1 Å². The Morgan fingerprint density at radius 2 is 1.67 bits per heavy atom. The third kappa shape index (κ3) is 6.73. The number of piperidine rings is 1. The van der Waals surface area contributed by atoms with Crippen molar-refractivity contribution in [3.8, 4) is 0 Å². The number of hydrogen-bond acceptors (Lipinski definition) is 3. The van der Waals surface area contributed by atoms with Crippen LogP contribution in [-0.2, 0) is 11.3 Å².